The van der Waals surface area contributed by atoms with Crippen molar-refractivity contribution in [1.82, 2.24) is 20.2 Å². The first-order valence-electron chi connectivity index (χ1n) is 7.21. The third-order valence-electron chi connectivity index (χ3n) is 3.84. The molecule has 0 radical (unpaired) electrons. The van der Waals surface area contributed by atoms with Crippen LogP contribution >= 0.6 is 0 Å². The van der Waals surface area contributed by atoms with Crippen molar-refractivity contribution in [3.8, 4) is 11.4 Å². The van der Waals surface area contributed by atoms with Gasteiger partial charge in [0.15, 0.2) is 0 Å². The first-order valence-corrected chi connectivity index (χ1v) is 7.21. The minimum Gasteiger partial charge on any atom is -0.477 e. The summed E-state index contributed by atoms with van der Waals surface area (Å²) in [5.41, 5.74) is 3.98. The van der Waals surface area contributed by atoms with Gasteiger partial charge in [-0.3, -0.25) is 5.10 Å². The Labute approximate surface area is 131 Å². The molecule has 1 aromatic carbocycles. The molecule has 3 aromatic rings. The van der Waals surface area contributed by atoms with Crippen LogP contribution in [0.25, 0.3) is 11.4 Å². The van der Waals surface area contributed by atoms with Crippen molar-refractivity contribution >= 4 is 17.6 Å². The van der Waals surface area contributed by atoms with Crippen LogP contribution in [0.3, 0.4) is 0 Å². The van der Waals surface area contributed by atoms with Crippen LogP contribution in [0.2, 0.25) is 0 Å². The molecule has 3 N–H and O–H groups in total. The Bertz CT molecular complexity index is 889. The number of H-pyrrole nitrogens is 1. The fraction of sp³-hybridized carbons (Fsp3) is 0.125. The number of benzene rings is 1. The molecule has 0 fully saturated rings. The summed E-state index contributed by atoms with van der Waals surface area (Å²) in [5.74, 6) is -0.540. The smallest absolute Gasteiger partial charge is 0.354 e. The van der Waals surface area contributed by atoms with Crippen molar-refractivity contribution in [1.29, 1.82) is 0 Å². The number of aryl methyl sites for hydroxylation is 1. The third-order valence-corrected chi connectivity index (χ3v) is 3.84. The van der Waals surface area contributed by atoms with Crippen molar-refractivity contribution in [2.45, 2.75) is 12.8 Å². The second kappa shape index (κ2) is 5.20. The molecule has 23 heavy (non-hydrogen) atoms. The average Bonchev–Trinajstić information content (AvgIpc) is 3.00. The quantitative estimate of drug-likeness (QED) is 0.686. The number of anilines is 2. The lowest BCUT2D eigenvalue weighted by atomic mass is 9.93. The van der Waals surface area contributed by atoms with Gasteiger partial charge in [0, 0.05) is 17.4 Å². The van der Waals surface area contributed by atoms with Gasteiger partial charge in [-0.25, -0.2) is 14.8 Å². The van der Waals surface area contributed by atoms with E-state index in [0.29, 0.717) is 35.7 Å². The lowest BCUT2D eigenvalue weighted by molar-refractivity contribution is 0.0689. The summed E-state index contributed by atoms with van der Waals surface area (Å²) in [7, 11) is 0. The van der Waals surface area contributed by atoms with Gasteiger partial charge in [0.25, 0.3) is 0 Å². The Morgan fingerprint density at radius 2 is 2.00 bits per heavy atom. The predicted octanol–water partition coefficient (Wildman–Crippen LogP) is 2.41. The summed E-state index contributed by atoms with van der Waals surface area (Å²) in [5, 5.41) is 19.1. The molecular formula is C16H13N5O2. The summed E-state index contributed by atoms with van der Waals surface area (Å²) in [6.45, 7) is 0. The number of aromatic nitrogens is 4. The van der Waals surface area contributed by atoms with Crippen LogP contribution in [0, 0.1) is 0 Å². The van der Waals surface area contributed by atoms with Crippen LogP contribution < -0.4 is 5.32 Å². The monoisotopic (exact) mass is 307 g/mol. The molecule has 0 saturated heterocycles. The van der Waals surface area contributed by atoms with Crippen molar-refractivity contribution in [2.75, 3.05) is 5.32 Å². The Hall–Kier alpha value is -3.22. The van der Waals surface area contributed by atoms with Gasteiger partial charge in [-0.2, -0.15) is 5.10 Å². The minimum absolute atomic E-state index is 0.141. The van der Waals surface area contributed by atoms with Crippen molar-refractivity contribution in [2.24, 2.45) is 0 Å². The maximum Gasteiger partial charge on any atom is 0.354 e. The summed E-state index contributed by atoms with van der Waals surface area (Å²) >= 11 is 0. The van der Waals surface area contributed by atoms with E-state index >= 15 is 0 Å². The van der Waals surface area contributed by atoms with E-state index in [1.165, 1.54) is 0 Å². The van der Waals surface area contributed by atoms with Gasteiger partial charge in [0.2, 0.25) is 5.95 Å². The lowest BCUT2D eigenvalue weighted by Crippen LogP contribution is -2.10. The number of carboxylic acid groups (broad SMARTS) is 1. The molecule has 0 atom stereocenters. The van der Waals surface area contributed by atoms with Gasteiger partial charge in [-0.15, -0.1) is 0 Å². The number of hydrogen-bond acceptors (Lipinski definition) is 5. The molecule has 1 aliphatic rings. The molecule has 0 spiro atoms. The fourth-order valence-corrected chi connectivity index (χ4v) is 2.75. The maximum absolute atomic E-state index is 11.2. The van der Waals surface area contributed by atoms with Gasteiger partial charge in [0.1, 0.15) is 11.4 Å². The molecule has 0 aliphatic heterocycles. The van der Waals surface area contributed by atoms with E-state index in [9.17, 15) is 9.90 Å². The normalized spacial score (nSPS) is 12.3. The Balaban J connectivity index is 1.74. The molecule has 0 bridgehead atoms. The Kier molecular flexibility index (Phi) is 3.04. The molecule has 2 heterocycles. The van der Waals surface area contributed by atoms with E-state index in [1.807, 2.05) is 30.3 Å². The molecule has 114 valence electrons. The summed E-state index contributed by atoms with van der Waals surface area (Å²) < 4.78 is 0. The second-order valence-corrected chi connectivity index (χ2v) is 5.29. The SMILES string of the molecule is O=C(O)c1[nH]nc2c1CCc1cnc(Nc3ccccc3)nc1-2. The summed E-state index contributed by atoms with van der Waals surface area (Å²) in [6, 6.07) is 9.62. The minimum atomic E-state index is -1.00. The van der Waals surface area contributed by atoms with Crippen LogP contribution in [0.15, 0.2) is 36.5 Å². The molecule has 1 aliphatic carbocycles. The summed E-state index contributed by atoms with van der Waals surface area (Å²) in [4.78, 5) is 20.1. The number of para-hydroxylation sites is 1. The largest absolute Gasteiger partial charge is 0.477 e. The lowest BCUT2D eigenvalue weighted by Gasteiger charge is -2.15. The third kappa shape index (κ3) is 2.32. The molecule has 7 heteroatoms. The van der Waals surface area contributed by atoms with E-state index in [-0.39, 0.29) is 5.69 Å². The first kappa shape index (κ1) is 13.4. The number of aromatic carboxylic acids is 1. The predicted molar refractivity (Wildman–Crippen MR) is 83.7 cm³/mol. The molecule has 7 nitrogen and oxygen atoms in total. The van der Waals surface area contributed by atoms with Crippen molar-refractivity contribution in [3.05, 3.63) is 53.3 Å². The number of aromatic amines is 1. The second-order valence-electron chi connectivity index (χ2n) is 5.29. The zero-order valence-electron chi connectivity index (χ0n) is 12.1. The number of carbonyl (C=O) groups is 1. The number of nitrogens with zero attached hydrogens (tertiary/aromatic N) is 3. The van der Waals surface area contributed by atoms with Crippen LogP contribution in [0.1, 0.15) is 21.6 Å². The van der Waals surface area contributed by atoms with Crippen LogP contribution in [-0.2, 0) is 12.8 Å². The maximum atomic E-state index is 11.2. The van der Waals surface area contributed by atoms with Gasteiger partial charge in [-0.1, -0.05) is 18.2 Å². The number of carboxylic acids is 1. The van der Waals surface area contributed by atoms with E-state index in [4.69, 9.17) is 0 Å². The zero-order chi connectivity index (χ0) is 15.8. The highest BCUT2D eigenvalue weighted by Crippen LogP contribution is 2.32. The van der Waals surface area contributed by atoms with E-state index in [2.05, 4.69) is 25.5 Å². The number of nitrogens with one attached hydrogen (secondary N) is 2. The number of rotatable bonds is 3. The number of fused-ring (bicyclic) bond motifs is 3. The van der Waals surface area contributed by atoms with Crippen molar-refractivity contribution < 1.29 is 9.90 Å². The topological polar surface area (TPSA) is 104 Å². The van der Waals surface area contributed by atoms with E-state index < -0.39 is 5.97 Å². The first-order chi connectivity index (χ1) is 11.2. The van der Waals surface area contributed by atoms with Crippen LogP contribution in [0.5, 0.6) is 0 Å². The molecule has 0 saturated carbocycles. The highest BCUT2D eigenvalue weighted by molar-refractivity contribution is 5.90. The molecule has 0 amide bonds. The highest BCUT2D eigenvalue weighted by Gasteiger charge is 2.26. The van der Waals surface area contributed by atoms with Crippen LogP contribution in [-0.4, -0.2) is 31.2 Å². The standard InChI is InChI=1S/C16H13N5O2/c22-15(23)14-11-7-6-9-8-17-16(18-10-4-2-1-3-5-10)19-12(9)13(11)20-21-14/h1-5,8H,6-7H2,(H,20,21)(H,22,23)(H,17,18,19). The molecule has 0 unspecified atom stereocenters. The van der Waals surface area contributed by atoms with Gasteiger partial charge < -0.3 is 10.4 Å². The Morgan fingerprint density at radius 3 is 2.78 bits per heavy atom. The average molecular weight is 307 g/mol. The summed E-state index contributed by atoms with van der Waals surface area (Å²) in [6.07, 6.45) is 3.09. The highest BCUT2D eigenvalue weighted by atomic mass is 16.4. The van der Waals surface area contributed by atoms with Gasteiger partial charge in [-0.05, 0) is 30.5 Å². The fourth-order valence-electron chi connectivity index (χ4n) is 2.75. The van der Waals surface area contributed by atoms with Gasteiger partial charge in [0.05, 0.1) is 5.69 Å². The van der Waals surface area contributed by atoms with E-state index in [0.717, 1.165) is 11.3 Å². The molecular weight excluding hydrogens is 294 g/mol. The number of hydrogen-bond donors (Lipinski definition) is 3. The van der Waals surface area contributed by atoms with Crippen LogP contribution in [0.4, 0.5) is 11.6 Å². The van der Waals surface area contributed by atoms with Crippen molar-refractivity contribution in [3.63, 3.8) is 0 Å². The van der Waals surface area contributed by atoms with Gasteiger partial charge >= 0.3 is 5.97 Å². The molecule has 2 aromatic heterocycles. The zero-order valence-corrected chi connectivity index (χ0v) is 12.1. The molecule has 4 rings (SSSR count). The van der Waals surface area contributed by atoms with E-state index in [1.54, 1.807) is 6.20 Å². The Morgan fingerprint density at radius 1 is 1.17 bits per heavy atom.